The van der Waals surface area contributed by atoms with E-state index in [-0.39, 0.29) is 11.8 Å². The molecule has 0 atom stereocenters. The lowest BCUT2D eigenvalue weighted by molar-refractivity contribution is -0.120. The number of hydrogen-bond donors (Lipinski definition) is 1. The molecule has 1 aromatic heterocycles. The van der Waals surface area contributed by atoms with E-state index in [9.17, 15) is 13.2 Å². The Morgan fingerprint density at radius 3 is 2.25 bits per heavy atom. The van der Waals surface area contributed by atoms with Gasteiger partial charge < -0.3 is 5.32 Å². The van der Waals surface area contributed by atoms with Crippen molar-refractivity contribution in [1.29, 1.82) is 0 Å². The van der Waals surface area contributed by atoms with E-state index in [1.807, 2.05) is 62.5 Å². The summed E-state index contributed by atoms with van der Waals surface area (Å²) >= 11 is 1.57. The van der Waals surface area contributed by atoms with Crippen molar-refractivity contribution in [2.75, 3.05) is 18.4 Å². The number of sulfonamides is 1. The standard InChI is InChI=1S/C24H27N3O3S2/c1-16-14-17(2)22(18(3)15-16)32(29,30)27-11-8-19(9-12-27)23(28)26-21-6-4-20(5-7-21)24-25-10-13-31-24/h4-7,10,13-15,19H,8-9,11-12H2,1-3H3,(H,26,28). The van der Waals surface area contributed by atoms with Gasteiger partial charge in [0.15, 0.2) is 0 Å². The number of rotatable bonds is 5. The van der Waals surface area contributed by atoms with Crippen molar-refractivity contribution >= 4 is 33.0 Å². The first kappa shape index (κ1) is 22.6. The molecule has 1 amide bonds. The van der Waals surface area contributed by atoms with E-state index in [0.717, 1.165) is 32.9 Å². The predicted molar refractivity (Wildman–Crippen MR) is 128 cm³/mol. The lowest BCUT2D eigenvalue weighted by atomic mass is 9.97. The molecular weight excluding hydrogens is 442 g/mol. The third-order valence-electron chi connectivity index (χ3n) is 5.86. The normalized spacial score (nSPS) is 15.6. The highest BCUT2D eigenvalue weighted by atomic mass is 32.2. The van der Waals surface area contributed by atoms with Crippen LogP contribution in [-0.2, 0) is 14.8 Å². The Bertz CT molecular complexity index is 1190. The molecule has 0 radical (unpaired) electrons. The minimum atomic E-state index is -3.58. The van der Waals surface area contributed by atoms with Gasteiger partial charge in [-0.2, -0.15) is 4.31 Å². The summed E-state index contributed by atoms with van der Waals surface area (Å²) in [4.78, 5) is 17.5. The summed E-state index contributed by atoms with van der Waals surface area (Å²) in [7, 11) is -3.58. The van der Waals surface area contributed by atoms with Crippen molar-refractivity contribution < 1.29 is 13.2 Å². The van der Waals surface area contributed by atoms with Crippen LogP contribution in [0.1, 0.15) is 29.5 Å². The Balaban J connectivity index is 1.38. The molecule has 0 spiro atoms. The molecule has 1 fully saturated rings. The summed E-state index contributed by atoms with van der Waals surface area (Å²) in [5, 5.41) is 5.84. The number of nitrogens with zero attached hydrogens (tertiary/aromatic N) is 2. The first-order chi connectivity index (χ1) is 15.3. The molecule has 1 saturated heterocycles. The molecular formula is C24H27N3O3S2. The number of anilines is 1. The van der Waals surface area contributed by atoms with E-state index in [1.165, 1.54) is 4.31 Å². The molecule has 0 bridgehead atoms. The lowest BCUT2D eigenvalue weighted by Gasteiger charge is -2.31. The quantitative estimate of drug-likeness (QED) is 0.583. The number of nitrogens with one attached hydrogen (secondary N) is 1. The second-order valence-electron chi connectivity index (χ2n) is 8.31. The van der Waals surface area contributed by atoms with E-state index >= 15 is 0 Å². The predicted octanol–water partition coefficient (Wildman–Crippen LogP) is 4.77. The molecule has 168 valence electrons. The van der Waals surface area contributed by atoms with Crippen LogP contribution in [0, 0.1) is 26.7 Å². The van der Waals surface area contributed by atoms with Crippen molar-refractivity contribution in [1.82, 2.24) is 9.29 Å². The number of amides is 1. The van der Waals surface area contributed by atoms with E-state index in [2.05, 4.69) is 10.3 Å². The molecule has 8 heteroatoms. The van der Waals surface area contributed by atoms with Gasteiger partial charge >= 0.3 is 0 Å². The molecule has 1 aliphatic rings. The van der Waals surface area contributed by atoms with E-state index in [4.69, 9.17) is 0 Å². The van der Waals surface area contributed by atoms with Gasteiger partial charge in [-0.3, -0.25) is 4.79 Å². The third kappa shape index (κ3) is 4.62. The average Bonchev–Trinajstić information content (AvgIpc) is 3.28. The highest BCUT2D eigenvalue weighted by Crippen LogP contribution is 2.29. The topological polar surface area (TPSA) is 79.4 Å². The van der Waals surface area contributed by atoms with Gasteiger partial charge in [0.1, 0.15) is 5.01 Å². The zero-order valence-corrected chi connectivity index (χ0v) is 20.1. The summed E-state index contributed by atoms with van der Waals surface area (Å²) in [6.45, 7) is 6.33. The van der Waals surface area contributed by atoms with Gasteiger partial charge in [-0.05, 0) is 69.0 Å². The molecule has 0 unspecified atom stereocenters. The van der Waals surface area contributed by atoms with Crippen LogP contribution in [0.15, 0.2) is 52.9 Å². The van der Waals surface area contributed by atoms with Gasteiger partial charge in [0.05, 0.1) is 4.90 Å². The van der Waals surface area contributed by atoms with Gasteiger partial charge in [-0.25, -0.2) is 13.4 Å². The van der Waals surface area contributed by atoms with Crippen LogP contribution in [0.25, 0.3) is 10.6 Å². The third-order valence-corrected chi connectivity index (χ3v) is 8.89. The summed E-state index contributed by atoms with van der Waals surface area (Å²) in [6, 6.07) is 11.4. The number of benzene rings is 2. The van der Waals surface area contributed by atoms with E-state index < -0.39 is 10.0 Å². The lowest BCUT2D eigenvalue weighted by Crippen LogP contribution is -2.41. The Morgan fingerprint density at radius 1 is 1.06 bits per heavy atom. The van der Waals surface area contributed by atoms with Crippen LogP contribution < -0.4 is 5.32 Å². The van der Waals surface area contributed by atoms with Crippen LogP contribution in [0.3, 0.4) is 0 Å². The van der Waals surface area contributed by atoms with Crippen LogP contribution in [0.5, 0.6) is 0 Å². The van der Waals surface area contributed by atoms with Gasteiger partial charge in [0.25, 0.3) is 0 Å². The Morgan fingerprint density at radius 2 is 1.69 bits per heavy atom. The van der Waals surface area contributed by atoms with Gasteiger partial charge in [-0.15, -0.1) is 11.3 Å². The first-order valence-electron chi connectivity index (χ1n) is 10.6. The molecule has 6 nitrogen and oxygen atoms in total. The molecule has 1 aliphatic heterocycles. The van der Waals surface area contributed by atoms with Crippen molar-refractivity contribution in [3.63, 3.8) is 0 Å². The van der Waals surface area contributed by atoms with Crippen LogP contribution in [0.4, 0.5) is 5.69 Å². The van der Waals surface area contributed by atoms with Crippen LogP contribution >= 0.6 is 11.3 Å². The monoisotopic (exact) mass is 469 g/mol. The molecule has 2 aromatic carbocycles. The van der Waals surface area contributed by atoms with Crippen LogP contribution in [0.2, 0.25) is 0 Å². The molecule has 3 aromatic rings. The largest absolute Gasteiger partial charge is 0.326 e. The maximum absolute atomic E-state index is 13.3. The second kappa shape index (κ2) is 9.13. The Kier molecular flexibility index (Phi) is 6.46. The first-order valence-corrected chi connectivity index (χ1v) is 13.0. The number of piperidine rings is 1. The van der Waals surface area contributed by atoms with Crippen molar-refractivity contribution in [3.05, 3.63) is 64.7 Å². The number of hydrogen-bond acceptors (Lipinski definition) is 5. The number of aromatic nitrogens is 1. The van der Waals surface area contributed by atoms with Crippen molar-refractivity contribution in [2.24, 2.45) is 5.92 Å². The Hall–Kier alpha value is -2.55. The number of aryl methyl sites for hydroxylation is 3. The maximum Gasteiger partial charge on any atom is 0.243 e. The van der Waals surface area contributed by atoms with E-state index in [0.29, 0.717) is 30.8 Å². The molecule has 0 saturated carbocycles. The fraction of sp³-hybridized carbons (Fsp3) is 0.333. The fourth-order valence-corrected chi connectivity index (χ4v) is 6.89. The molecule has 4 rings (SSSR count). The highest BCUT2D eigenvalue weighted by molar-refractivity contribution is 7.89. The Labute approximate surface area is 193 Å². The zero-order valence-electron chi connectivity index (χ0n) is 18.5. The average molecular weight is 470 g/mol. The SMILES string of the molecule is Cc1cc(C)c(S(=O)(=O)N2CCC(C(=O)Nc3ccc(-c4nccs4)cc3)CC2)c(C)c1. The summed E-state index contributed by atoms with van der Waals surface area (Å²) in [5.74, 6) is -0.271. The van der Waals surface area contributed by atoms with Gasteiger partial charge in [0, 0.05) is 41.8 Å². The van der Waals surface area contributed by atoms with Gasteiger partial charge in [0.2, 0.25) is 15.9 Å². The van der Waals surface area contributed by atoms with Crippen LogP contribution in [-0.4, -0.2) is 36.7 Å². The van der Waals surface area contributed by atoms with Gasteiger partial charge in [-0.1, -0.05) is 17.7 Å². The van der Waals surface area contributed by atoms with Crippen molar-refractivity contribution in [3.8, 4) is 10.6 Å². The second-order valence-corrected chi connectivity index (χ2v) is 11.1. The smallest absolute Gasteiger partial charge is 0.243 e. The maximum atomic E-state index is 13.3. The molecule has 32 heavy (non-hydrogen) atoms. The number of carbonyl (C=O) groups excluding carboxylic acids is 1. The molecule has 1 N–H and O–H groups in total. The minimum Gasteiger partial charge on any atom is -0.326 e. The molecule has 2 heterocycles. The van der Waals surface area contributed by atoms with Crippen molar-refractivity contribution in [2.45, 2.75) is 38.5 Å². The fourth-order valence-electron chi connectivity index (χ4n) is 4.37. The summed E-state index contributed by atoms with van der Waals surface area (Å²) in [6.07, 6.45) is 2.78. The summed E-state index contributed by atoms with van der Waals surface area (Å²) in [5.41, 5.74) is 4.33. The number of carbonyl (C=O) groups is 1. The van der Waals surface area contributed by atoms with E-state index in [1.54, 1.807) is 17.5 Å². The minimum absolute atomic E-state index is 0.0632. The highest BCUT2D eigenvalue weighted by Gasteiger charge is 2.33. The summed E-state index contributed by atoms with van der Waals surface area (Å²) < 4.78 is 28.0. The zero-order chi connectivity index (χ0) is 22.9. The number of thiazole rings is 1. The molecule has 0 aliphatic carbocycles.